The minimum atomic E-state index is -0.992. The molecule has 0 bridgehead atoms. The second-order valence-electron chi connectivity index (χ2n) is 9.24. The number of aromatic nitrogens is 2. The standard InChI is InChI=1S/C25H26ClN5O4/c1-17-21(15-35-27-17)23(32)30-8-9-31-24(33)22-7-6-20(14-28-10-12-34-13-11-28)29(22)16-25(30,31)18-2-4-19(26)5-3-18/h2-7,15H,8-14,16H2,1H3. The minimum Gasteiger partial charge on any atom is -0.379 e. The number of halogens is 1. The number of rotatable bonds is 4. The predicted octanol–water partition coefficient (Wildman–Crippen LogP) is 2.73. The number of fused-ring (bicyclic) bond motifs is 2. The lowest BCUT2D eigenvalue weighted by Gasteiger charge is -2.47. The highest BCUT2D eigenvalue weighted by molar-refractivity contribution is 6.30. The SMILES string of the molecule is Cc1nocc1C(=O)N1CCN2C(=O)c3ccc(CN4CCOCC4)n3CC12c1ccc(Cl)cc1. The van der Waals surface area contributed by atoms with Crippen molar-refractivity contribution in [2.75, 3.05) is 39.4 Å². The van der Waals surface area contributed by atoms with E-state index in [9.17, 15) is 9.59 Å². The number of hydrogen-bond donors (Lipinski definition) is 0. The molecule has 0 saturated carbocycles. The summed E-state index contributed by atoms with van der Waals surface area (Å²) in [5, 5.41) is 4.50. The molecular weight excluding hydrogens is 470 g/mol. The third-order valence-corrected chi connectivity index (χ3v) is 7.63. The Labute approximate surface area is 207 Å². The van der Waals surface area contributed by atoms with Crippen LogP contribution in [0.3, 0.4) is 0 Å². The van der Waals surface area contributed by atoms with Gasteiger partial charge >= 0.3 is 0 Å². The first kappa shape index (κ1) is 22.3. The fraction of sp³-hybridized carbons (Fsp3) is 0.400. The van der Waals surface area contributed by atoms with Gasteiger partial charge in [0, 0.05) is 49.0 Å². The van der Waals surface area contributed by atoms with Gasteiger partial charge in [-0.2, -0.15) is 0 Å². The number of amides is 2. The van der Waals surface area contributed by atoms with Crippen molar-refractivity contribution in [3.8, 4) is 0 Å². The fourth-order valence-corrected chi connectivity index (χ4v) is 5.68. The molecule has 2 saturated heterocycles. The molecule has 1 aromatic carbocycles. The summed E-state index contributed by atoms with van der Waals surface area (Å²) in [6.45, 7) is 6.83. The van der Waals surface area contributed by atoms with E-state index in [1.54, 1.807) is 24.0 Å². The lowest BCUT2D eigenvalue weighted by molar-refractivity contribution is -0.00768. The summed E-state index contributed by atoms with van der Waals surface area (Å²) < 4.78 is 12.6. The van der Waals surface area contributed by atoms with Crippen LogP contribution in [0.25, 0.3) is 0 Å². The van der Waals surface area contributed by atoms with Crippen LogP contribution in [0.2, 0.25) is 5.02 Å². The third kappa shape index (κ3) is 3.49. The van der Waals surface area contributed by atoms with Crippen LogP contribution >= 0.6 is 11.6 Å². The molecule has 6 rings (SSSR count). The van der Waals surface area contributed by atoms with E-state index in [2.05, 4.69) is 14.6 Å². The Kier molecular flexibility index (Phi) is 5.43. The summed E-state index contributed by atoms with van der Waals surface area (Å²) in [5.41, 5.74) is 2.47. The highest BCUT2D eigenvalue weighted by Crippen LogP contribution is 2.44. The average Bonchev–Trinajstić information content (AvgIpc) is 3.58. The maximum Gasteiger partial charge on any atom is 0.272 e. The van der Waals surface area contributed by atoms with Crippen LogP contribution in [0.1, 0.15) is 37.8 Å². The zero-order chi connectivity index (χ0) is 24.2. The number of carbonyl (C=O) groups is 2. The van der Waals surface area contributed by atoms with Gasteiger partial charge in [0.25, 0.3) is 11.8 Å². The molecule has 10 heteroatoms. The summed E-state index contributed by atoms with van der Waals surface area (Å²) in [6.07, 6.45) is 1.38. The molecule has 1 unspecified atom stereocenters. The van der Waals surface area contributed by atoms with E-state index in [1.165, 1.54) is 6.26 Å². The van der Waals surface area contributed by atoms with Crippen LogP contribution in [0.15, 0.2) is 47.2 Å². The zero-order valence-corrected chi connectivity index (χ0v) is 20.2. The van der Waals surface area contributed by atoms with Crippen LogP contribution in [0.5, 0.6) is 0 Å². The number of morpholine rings is 1. The van der Waals surface area contributed by atoms with Gasteiger partial charge in [-0.25, -0.2) is 0 Å². The molecule has 2 amide bonds. The molecule has 1 atom stereocenters. The number of benzene rings is 1. The van der Waals surface area contributed by atoms with Gasteiger partial charge in [0.2, 0.25) is 0 Å². The smallest absolute Gasteiger partial charge is 0.272 e. The molecule has 9 nitrogen and oxygen atoms in total. The normalized spacial score (nSPS) is 22.4. The van der Waals surface area contributed by atoms with Crippen molar-refractivity contribution in [2.24, 2.45) is 0 Å². The highest BCUT2D eigenvalue weighted by Gasteiger charge is 2.56. The summed E-state index contributed by atoms with van der Waals surface area (Å²) in [6, 6.07) is 11.4. The summed E-state index contributed by atoms with van der Waals surface area (Å²) >= 11 is 6.22. The zero-order valence-electron chi connectivity index (χ0n) is 19.4. The summed E-state index contributed by atoms with van der Waals surface area (Å²) in [5.74, 6) is -0.295. The average molecular weight is 496 g/mol. The number of hydrogen-bond acceptors (Lipinski definition) is 6. The summed E-state index contributed by atoms with van der Waals surface area (Å²) in [7, 11) is 0. The molecule has 182 valence electrons. The fourth-order valence-electron chi connectivity index (χ4n) is 5.56. The molecule has 5 heterocycles. The Morgan fingerprint density at radius 1 is 1.09 bits per heavy atom. The number of nitrogens with zero attached hydrogens (tertiary/aromatic N) is 5. The van der Waals surface area contributed by atoms with E-state index < -0.39 is 5.66 Å². The van der Waals surface area contributed by atoms with Gasteiger partial charge in [0.1, 0.15) is 17.5 Å². The first-order chi connectivity index (χ1) is 17.0. The Balaban J connectivity index is 1.46. The van der Waals surface area contributed by atoms with Crippen molar-refractivity contribution < 1.29 is 18.8 Å². The molecule has 0 spiro atoms. The largest absolute Gasteiger partial charge is 0.379 e. The van der Waals surface area contributed by atoms with Crippen molar-refractivity contribution >= 4 is 23.4 Å². The van der Waals surface area contributed by atoms with E-state index >= 15 is 0 Å². The van der Waals surface area contributed by atoms with Crippen LogP contribution in [0, 0.1) is 6.92 Å². The second-order valence-corrected chi connectivity index (χ2v) is 9.67. The van der Waals surface area contributed by atoms with Crippen molar-refractivity contribution in [3.63, 3.8) is 0 Å². The maximum atomic E-state index is 13.8. The van der Waals surface area contributed by atoms with Gasteiger partial charge < -0.3 is 23.6 Å². The van der Waals surface area contributed by atoms with Crippen LogP contribution in [-0.2, 0) is 23.5 Å². The molecule has 3 aliphatic rings. The molecule has 0 aliphatic carbocycles. The monoisotopic (exact) mass is 495 g/mol. The third-order valence-electron chi connectivity index (χ3n) is 7.38. The molecular formula is C25H26ClN5O4. The lowest BCUT2D eigenvalue weighted by Crippen LogP contribution is -2.60. The van der Waals surface area contributed by atoms with Crippen molar-refractivity contribution in [1.82, 2.24) is 24.4 Å². The first-order valence-electron chi connectivity index (χ1n) is 11.8. The Morgan fingerprint density at radius 2 is 1.86 bits per heavy atom. The van der Waals surface area contributed by atoms with Gasteiger partial charge in [-0.1, -0.05) is 28.9 Å². The minimum absolute atomic E-state index is 0.0863. The van der Waals surface area contributed by atoms with E-state index in [-0.39, 0.29) is 11.8 Å². The lowest BCUT2D eigenvalue weighted by atomic mass is 9.93. The predicted molar refractivity (Wildman–Crippen MR) is 127 cm³/mol. The quantitative estimate of drug-likeness (QED) is 0.553. The van der Waals surface area contributed by atoms with Crippen LogP contribution in [-0.4, -0.2) is 75.6 Å². The van der Waals surface area contributed by atoms with Gasteiger partial charge in [-0.3, -0.25) is 14.5 Å². The van der Waals surface area contributed by atoms with Gasteiger partial charge in [-0.05, 0) is 31.2 Å². The van der Waals surface area contributed by atoms with Gasteiger partial charge in [-0.15, -0.1) is 0 Å². The van der Waals surface area contributed by atoms with Gasteiger partial charge in [0.15, 0.2) is 5.66 Å². The molecule has 0 N–H and O–H groups in total. The Morgan fingerprint density at radius 3 is 2.57 bits per heavy atom. The number of aryl methyl sites for hydroxylation is 1. The van der Waals surface area contributed by atoms with E-state index in [4.69, 9.17) is 20.9 Å². The Hall–Kier alpha value is -3.14. The molecule has 0 radical (unpaired) electrons. The second kappa shape index (κ2) is 8.51. The van der Waals surface area contributed by atoms with Gasteiger partial charge in [0.05, 0.1) is 25.5 Å². The van der Waals surface area contributed by atoms with Crippen LogP contribution in [0.4, 0.5) is 0 Å². The molecule has 3 aliphatic heterocycles. The van der Waals surface area contributed by atoms with Crippen molar-refractivity contribution in [2.45, 2.75) is 25.7 Å². The van der Waals surface area contributed by atoms with Crippen LogP contribution < -0.4 is 0 Å². The van der Waals surface area contributed by atoms with E-state index in [0.29, 0.717) is 61.4 Å². The van der Waals surface area contributed by atoms with Crippen molar-refractivity contribution in [3.05, 3.63) is 75.9 Å². The Bertz CT molecular complexity index is 1280. The molecule has 3 aromatic rings. The highest BCUT2D eigenvalue weighted by atomic mass is 35.5. The van der Waals surface area contributed by atoms with Crippen molar-refractivity contribution in [1.29, 1.82) is 0 Å². The molecule has 2 aromatic heterocycles. The number of carbonyl (C=O) groups excluding carboxylic acids is 2. The topological polar surface area (TPSA) is 84.1 Å². The summed E-state index contributed by atoms with van der Waals surface area (Å²) in [4.78, 5) is 33.6. The first-order valence-corrected chi connectivity index (χ1v) is 12.2. The van der Waals surface area contributed by atoms with E-state index in [1.807, 2.05) is 29.2 Å². The molecule has 35 heavy (non-hydrogen) atoms. The number of ether oxygens (including phenoxy) is 1. The molecule has 2 fully saturated rings. The maximum absolute atomic E-state index is 13.8. The van der Waals surface area contributed by atoms with E-state index in [0.717, 1.165) is 24.3 Å².